The van der Waals surface area contributed by atoms with E-state index < -0.39 is 0 Å². The lowest BCUT2D eigenvalue weighted by molar-refractivity contribution is -0.130. The van der Waals surface area contributed by atoms with E-state index in [-0.39, 0.29) is 36.4 Å². The molecule has 7 nitrogen and oxygen atoms in total. The van der Waals surface area contributed by atoms with E-state index in [9.17, 15) is 4.79 Å². The summed E-state index contributed by atoms with van der Waals surface area (Å²) in [5.74, 6) is 0.800. The Morgan fingerprint density at radius 2 is 1.83 bits per heavy atom. The lowest BCUT2D eigenvalue weighted by Gasteiger charge is -2.36. The fourth-order valence-electron chi connectivity index (χ4n) is 3.50. The first-order chi connectivity index (χ1) is 14.0. The first-order valence-corrected chi connectivity index (χ1v) is 10.2. The minimum atomic E-state index is 0. The maximum atomic E-state index is 12.6. The van der Waals surface area contributed by atoms with Gasteiger partial charge < -0.3 is 24.6 Å². The average molecular weight is 545 g/mol. The van der Waals surface area contributed by atoms with Crippen LogP contribution in [0.4, 0.5) is 5.69 Å². The quantitative estimate of drug-likeness (QED) is 0.357. The molecular weight excluding hydrogens is 515 g/mol. The van der Waals surface area contributed by atoms with Crippen molar-refractivity contribution in [2.75, 3.05) is 51.7 Å². The van der Waals surface area contributed by atoms with Crippen LogP contribution in [0.2, 0.25) is 5.02 Å². The zero-order chi connectivity index (χ0) is 20.8. The number of nitrogens with one attached hydrogen (secondary N) is 1. The second-order valence-corrected chi connectivity index (χ2v) is 7.65. The minimum Gasteiger partial charge on any atom is -0.368 e. The topological polar surface area (TPSA) is 56.1 Å². The number of anilines is 1. The van der Waals surface area contributed by atoms with E-state index in [1.807, 2.05) is 60.4 Å². The van der Waals surface area contributed by atoms with E-state index in [2.05, 4.69) is 25.8 Å². The number of rotatable bonds is 5. The largest absolute Gasteiger partial charge is 0.368 e. The van der Waals surface area contributed by atoms with Crippen LogP contribution >= 0.6 is 35.6 Å². The Morgan fingerprint density at radius 3 is 2.40 bits per heavy atom. The fraction of sp³-hybridized carbons (Fsp3) is 0.429. The van der Waals surface area contributed by atoms with Gasteiger partial charge in [-0.3, -0.25) is 9.79 Å². The summed E-state index contributed by atoms with van der Waals surface area (Å²) in [5, 5.41) is 3.93. The van der Waals surface area contributed by atoms with Gasteiger partial charge >= 0.3 is 0 Å². The predicted octanol–water partition coefficient (Wildman–Crippen LogP) is 2.65. The number of benzene rings is 1. The predicted molar refractivity (Wildman–Crippen MR) is 134 cm³/mol. The molecule has 1 aliphatic rings. The van der Waals surface area contributed by atoms with Crippen molar-refractivity contribution in [3.05, 3.63) is 53.3 Å². The Hall–Kier alpha value is -1.94. The highest BCUT2D eigenvalue weighted by atomic mass is 127. The van der Waals surface area contributed by atoms with Gasteiger partial charge in [0.15, 0.2) is 5.96 Å². The van der Waals surface area contributed by atoms with Crippen molar-refractivity contribution in [3.63, 3.8) is 0 Å². The van der Waals surface area contributed by atoms with Gasteiger partial charge in [-0.15, -0.1) is 24.0 Å². The molecule has 0 atom stereocenters. The third kappa shape index (κ3) is 6.28. The number of nitrogens with zero attached hydrogens (tertiary/aromatic N) is 5. The molecule has 1 N–H and O–H groups in total. The SMILES string of the molecule is CN=C(NCC(=O)N1CCN(c2ccc(Cl)cc2)CC1)N(C)Cc1cccn1C.I. The molecule has 1 amide bonds. The van der Waals surface area contributed by atoms with Crippen molar-refractivity contribution >= 4 is 53.1 Å². The molecule has 0 aliphatic carbocycles. The highest BCUT2D eigenvalue weighted by Crippen LogP contribution is 2.19. The maximum Gasteiger partial charge on any atom is 0.242 e. The molecule has 1 saturated heterocycles. The molecule has 0 spiro atoms. The van der Waals surface area contributed by atoms with Gasteiger partial charge in [-0.05, 0) is 36.4 Å². The van der Waals surface area contributed by atoms with Crippen LogP contribution in [0.3, 0.4) is 0 Å². The fourth-order valence-corrected chi connectivity index (χ4v) is 3.62. The van der Waals surface area contributed by atoms with Crippen LogP contribution in [-0.4, -0.2) is 73.1 Å². The van der Waals surface area contributed by atoms with Gasteiger partial charge in [0.25, 0.3) is 0 Å². The van der Waals surface area contributed by atoms with Crippen LogP contribution in [0.15, 0.2) is 47.6 Å². The van der Waals surface area contributed by atoms with Crippen LogP contribution < -0.4 is 10.2 Å². The number of hydrogen-bond donors (Lipinski definition) is 1. The molecule has 0 saturated carbocycles. The zero-order valence-corrected chi connectivity index (χ0v) is 20.8. The smallest absolute Gasteiger partial charge is 0.242 e. The Bertz CT molecular complexity index is 845. The number of carbonyl (C=O) groups is 1. The van der Waals surface area contributed by atoms with Crippen molar-refractivity contribution in [2.45, 2.75) is 6.54 Å². The summed E-state index contributed by atoms with van der Waals surface area (Å²) in [5.41, 5.74) is 2.32. The number of hydrogen-bond acceptors (Lipinski definition) is 3. The van der Waals surface area contributed by atoms with Gasteiger partial charge in [-0.25, -0.2) is 0 Å². The average Bonchev–Trinajstić information content (AvgIpc) is 3.13. The summed E-state index contributed by atoms with van der Waals surface area (Å²) >= 11 is 5.96. The zero-order valence-electron chi connectivity index (χ0n) is 17.7. The van der Waals surface area contributed by atoms with Crippen molar-refractivity contribution < 1.29 is 4.79 Å². The number of amides is 1. The molecule has 0 radical (unpaired) electrons. The van der Waals surface area contributed by atoms with E-state index in [1.165, 1.54) is 5.69 Å². The van der Waals surface area contributed by atoms with E-state index in [4.69, 9.17) is 11.6 Å². The van der Waals surface area contributed by atoms with Crippen LogP contribution in [0.5, 0.6) is 0 Å². The Labute approximate surface area is 200 Å². The summed E-state index contributed by atoms with van der Waals surface area (Å²) in [6.45, 7) is 4.01. The molecule has 2 aromatic rings. The standard InChI is InChI=1S/C21H29ClN6O.HI/c1-23-21(26(3)16-19-5-4-10-25(19)2)24-15-20(29)28-13-11-27(12-14-28)18-8-6-17(22)7-9-18;/h4-10H,11-16H2,1-3H3,(H,23,24);1H. The Morgan fingerprint density at radius 1 is 1.17 bits per heavy atom. The molecule has 1 aromatic carbocycles. The first-order valence-electron chi connectivity index (χ1n) is 9.78. The number of piperazine rings is 1. The number of carbonyl (C=O) groups excluding carboxylic acids is 1. The number of aryl methyl sites for hydroxylation is 1. The molecule has 2 heterocycles. The van der Waals surface area contributed by atoms with Crippen molar-refractivity contribution in [2.24, 2.45) is 12.0 Å². The summed E-state index contributed by atoms with van der Waals surface area (Å²) in [6.07, 6.45) is 2.02. The van der Waals surface area contributed by atoms with Crippen LogP contribution in [0, 0.1) is 0 Å². The molecule has 0 unspecified atom stereocenters. The van der Waals surface area contributed by atoms with Gasteiger partial charge in [0.05, 0.1) is 13.1 Å². The van der Waals surface area contributed by atoms with Gasteiger partial charge in [0.2, 0.25) is 5.91 Å². The second kappa shape index (κ2) is 11.5. The molecule has 1 aromatic heterocycles. The van der Waals surface area contributed by atoms with Crippen LogP contribution in [0.1, 0.15) is 5.69 Å². The van der Waals surface area contributed by atoms with Gasteiger partial charge in [-0.2, -0.15) is 0 Å². The highest BCUT2D eigenvalue weighted by molar-refractivity contribution is 14.0. The maximum absolute atomic E-state index is 12.6. The third-order valence-corrected chi connectivity index (χ3v) is 5.50. The monoisotopic (exact) mass is 544 g/mol. The first kappa shape index (κ1) is 24.3. The summed E-state index contributed by atoms with van der Waals surface area (Å²) < 4.78 is 2.08. The lowest BCUT2D eigenvalue weighted by atomic mass is 10.2. The summed E-state index contributed by atoms with van der Waals surface area (Å²) in [6, 6.07) is 11.9. The lowest BCUT2D eigenvalue weighted by Crippen LogP contribution is -2.52. The minimum absolute atomic E-state index is 0. The number of aliphatic imine (C=N–C) groups is 1. The second-order valence-electron chi connectivity index (χ2n) is 7.21. The normalized spacial score (nSPS) is 14.3. The molecule has 1 fully saturated rings. The van der Waals surface area contributed by atoms with Crippen LogP contribution in [0.25, 0.3) is 0 Å². The van der Waals surface area contributed by atoms with Gasteiger partial charge in [0, 0.05) is 69.9 Å². The molecule has 30 heavy (non-hydrogen) atoms. The highest BCUT2D eigenvalue weighted by Gasteiger charge is 2.21. The molecule has 1 aliphatic heterocycles. The van der Waals surface area contributed by atoms with E-state index in [0.717, 1.165) is 30.3 Å². The van der Waals surface area contributed by atoms with Crippen molar-refractivity contribution in [1.82, 2.24) is 19.7 Å². The molecule has 3 rings (SSSR count). The number of guanidine groups is 1. The molecular formula is C21H30ClIN6O. The third-order valence-electron chi connectivity index (χ3n) is 5.25. The molecule has 9 heteroatoms. The van der Waals surface area contributed by atoms with Gasteiger partial charge in [-0.1, -0.05) is 11.6 Å². The number of halogens is 2. The Kier molecular flexibility index (Phi) is 9.29. The number of aromatic nitrogens is 1. The summed E-state index contributed by atoms with van der Waals surface area (Å²) in [7, 11) is 5.73. The Balaban J connectivity index is 0.00000320. The van der Waals surface area contributed by atoms with Crippen molar-refractivity contribution in [3.8, 4) is 0 Å². The summed E-state index contributed by atoms with van der Waals surface area (Å²) in [4.78, 5) is 23.2. The van der Waals surface area contributed by atoms with Gasteiger partial charge in [0.1, 0.15) is 0 Å². The van der Waals surface area contributed by atoms with E-state index in [1.54, 1.807) is 7.05 Å². The molecule has 164 valence electrons. The molecule has 0 bridgehead atoms. The van der Waals surface area contributed by atoms with Crippen LogP contribution in [-0.2, 0) is 18.4 Å². The van der Waals surface area contributed by atoms with E-state index >= 15 is 0 Å². The van der Waals surface area contributed by atoms with E-state index in [0.29, 0.717) is 19.0 Å². The van der Waals surface area contributed by atoms with Crippen molar-refractivity contribution in [1.29, 1.82) is 0 Å².